The fourth-order valence-electron chi connectivity index (χ4n) is 6.78. The first-order valence-electron chi connectivity index (χ1n) is 7.89. The highest BCUT2D eigenvalue weighted by molar-refractivity contribution is 5.13. The summed E-state index contributed by atoms with van der Waals surface area (Å²) >= 11 is 0. The number of rotatable bonds is 4. The third-order valence-corrected chi connectivity index (χ3v) is 6.19. The maximum Gasteiger partial charge on any atom is 0.0267 e. The van der Waals surface area contributed by atoms with Crippen LogP contribution in [-0.4, -0.2) is 6.04 Å². The summed E-state index contributed by atoms with van der Waals surface area (Å²) in [6.45, 7) is 7.38. The van der Waals surface area contributed by atoms with Gasteiger partial charge in [-0.2, -0.15) is 0 Å². The molecule has 104 valence electrons. The zero-order valence-electron chi connectivity index (χ0n) is 12.4. The molecule has 4 rings (SSSR count). The molecule has 3 unspecified atom stereocenters. The van der Waals surface area contributed by atoms with E-state index in [1.54, 1.807) is 0 Å². The summed E-state index contributed by atoms with van der Waals surface area (Å²) in [5.74, 6) is 6.89. The van der Waals surface area contributed by atoms with Gasteiger partial charge in [0.25, 0.3) is 0 Å². The highest BCUT2D eigenvalue weighted by Gasteiger charge is 2.61. The van der Waals surface area contributed by atoms with Crippen molar-refractivity contribution in [2.24, 2.45) is 28.0 Å². The van der Waals surface area contributed by atoms with E-state index in [0.29, 0.717) is 22.3 Å². The minimum absolute atomic E-state index is 0.508. The van der Waals surface area contributed by atoms with Crippen LogP contribution >= 0.6 is 0 Å². The molecule has 0 aliphatic heterocycles. The third-order valence-electron chi connectivity index (χ3n) is 6.19. The van der Waals surface area contributed by atoms with Crippen LogP contribution in [-0.2, 0) is 0 Å². The molecule has 0 heterocycles. The van der Waals surface area contributed by atoms with Gasteiger partial charge in [-0.15, -0.1) is 0 Å². The molecule has 0 amide bonds. The Hall–Kier alpha value is -0.0800. The molecule has 18 heavy (non-hydrogen) atoms. The molecule has 3 atom stereocenters. The molecular weight excluding hydrogens is 220 g/mol. The summed E-state index contributed by atoms with van der Waals surface area (Å²) in [5.41, 5.74) is 4.92. The zero-order valence-corrected chi connectivity index (χ0v) is 12.4. The maximum atomic E-state index is 5.92. The lowest BCUT2D eigenvalue weighted by molar-refractivity contribution is -0.158. The second-order valence-electron chi connectivity index (χ2n) is 8.50. The molecule has 4 aliphatic rings. The lowest BCUT2D eigenvalue weighted by atomic mass is 9.39. The van der Waals surface area contributed by atoms with Gasteiger partial charge in [0.05, 0.1) is 0 Å². The highest BCUT2D eigenvalue weighted by atomic mass is 15.2. The largest absolute Gasteiger partial charge is 0.271 e. The molecule has 0 aromatic rings. The minimum Gasteiger partial charge on any atom is -0.271 e. The Bertz CT molecular complexity index is 320. The summed E-state index contributed by atoms with van der Waals surface area (Å²) in [5, 5.41) is 0. The lowest BCUT2D eigenvalue weighted by Crippen LogP contribution is -2.62. The van der Waals surface area contributed by atoms with Gasteiger partial charge in [-0.1, -0.05) is 27.2 Å². The Labute approximate surface area is 112 Å². The molecule has 4 saturated carbocycles. The van der Waals surface area contributed by atoms with Crippen molar-refractivity contribution in [3.05, 3.63) is 0 Å². The van der Waals surface area contributed by atoms with Gasteiger partial charge in [-0.05, 0) is 67.1 Å². The topological polar surface area (TPSA) is 38.0 Å². The number of hydrogen-bond donors (Lipinski definition) is 2. The molecule has 0 aromatic carbocycles. The van der Waals surface area contributed by atoms with Crippen molar-refractivity contribution in [1.29, 1.82) is 0 Å². The Balaban J connectivity index is 1.92. The summed E-state index contributed by atoms with van der Waals surface area (Å²) in [7, 11) is 0. The molecule has 0 spiro atoms. The second-order valence-corrected chi connectivity index (χ2v) is 8.50. The van der Waals surface area contributed by atoms with Crippen LogP contribution in [0.4, 0.5) is 0 Å². The fraction of sp³-hybridized carbons (Fsp3) is 1.00. The van der Waals surface area contributed by atoms with Gasteiger partial charge in [-0.3, -0.25) is 11.3 Å². The predicted molar refractivity (Wildman–Crippen MR) is 75.9 cm³/mol. The van der Waals surface area contributed by atoms with Crippen molar-refractivity contribution in [3.8, 4) is 0 Å². The van der Waals surface area contributed by atoms with E-state index in [1.165, 1.54) is 51.4 Å². The zero-order chi connectivity index (χ0) is 13.0. The maximum absolute atomic E-state index is 5.92. The van der Waals surface area contributed by atoms with E-state index in [2.05, 4.69) is 26.2 Å². The third kappa shape index (κ3) is 1.84. The molecule has 0 aromatic heterocycles. The molecule has 2 heteroatoms. The van der Waals surface area contributed by atoms with E-state index in [4.69, 9.17) is 5.84 Å². The van der Waals surface area contributed by atoms with E-state index in [-0.39, 0.29) is 0 Å². The van der Waals surface area contributed by atoms with E-state index in [9.17, 15) is 0 Å². The van der Waals surface area contributed by atoms with Crippen LogP contribution in [0.3, 0.4) is 0 Å². The number of hydrogen-bond acceptors (Lipinski definition) is 2. The van der Waals surface area contributed by atoms with Gasteiger partial charge in [0.2, 0.25) is 0 Å². The first-order chi connectivity index (χ1) is 8.43. The van der Waals surface area contributed by atoms with Crippen molar-refractivity contribution in [2.45, 2.75) is 78.2 Å². The monoisotopic (exact) mass is 250 g/mol. The normalized spacial score (nSPS) is 51.7. The SMILES string of the molecule is CCCC(NN)C12CC3CC(C)(CC(C)(C3)C1)C2. The summed E-state index contributed by atoms with van der Waals surface area (Å²) in [6, 6.07) is 0.546. The van der Waals surface area contributed by atoms with Crippen LogP contribution in [0.15, 0.2) is 0 Å². The highest BCUT2D eigenvalue weighted by Crippen LogP contribution is 2.70. The van der Waals surface area contributed by atoms with Gasteiger partial charge in [0, 0.05) is 6.04 Å². The summed E-state index contributed by atoms with van der Waals surface area (Å²) in [6.07, 6.45) is 11.2. The van der Waals surface area contributed by atoms with Crippen LogP contribution in [0.5, 0.6) is 0 Å². The quantitative estimate of drug-likeness (QED) is 0.591. The number of nitrogens with one attached hydrogen (secondary N) is 1. The molecule has 0 radical (unpaired) electrons. The lowest BCUT2D eigenvalue weighted by Gasteiger charge is -2.67. The number of hydrazine groups is 1. The van der Waals surface area contributed by atoms with Gasteiger partial charge in [0.1, 0.15) is 0 Å². The van der Waals surface area contributed by atoms with Crippen LogP contribution < -0.4 is 11.3 Å². The molecule has 3 N–H and O–H groups in total. The Morgan fingerprint density at radius 3 is 2.17 bits per heavy atom. The van der Waals surface area contributed by atoms with Gasteiger partial charge < -0.3 is 0 Å². The minimum atomic E-state index is 0.508. The van der Waals surface area contributed by atoms with Gasteiger partial charge >= 0.3 is 0 Å². The first kappa shape index (κ1) is 12.9. The van der Waals surface area contributed by atoms with Crippen LogP contribution in [0.25, 0.3) is 0 Å². The first-order valence-corrected chi connectivity index (χ1v) is 7.89. The van der Waals surface area contributed by atoms with E-state index < -0.39 is 0 Å². The molecule has 0 saturated heterocycles. The molecule has 4 aliphatic carbocycles. The summed E-state index contributed by atoms with van der Waals surface area (Å²) in [4.78, 5) is 0. The van der Waals surface area contributed by atoms with Crippen LogP contribution in [0, 0.1) is 22.2 Å². The molecule has 4 fully saturated rings. The average Bonchev–Trinajstić information content (AvgIpc) is 2.20. The predicted octanol–water partition coefficient (Wildman–Crippen LogP) is 3.62. The Kier molecular flexibility index (Phi) is 2.84. The van der Waals surface area contributed by atoms with Crippen molar-refractivity contribution in [3.63, 3.8) is 0 Å². The van der Waals surface area contributed by atoms with Crippen molar-refractivity contribution in [1.82, 2.24) is 5.43 Å². The average molecular weight is 250 g/mol. The molecule has 2 nitrogen and oxygen atoms in total. The number of nitrogens with two attached hydrogens (primary N) is 1. The van der Waals surface area contributed by atoms with Crippen molar-refractivity contribution < 1.29 is 0 Å². The van der Waals surface area contributed by atoms with E-state index >= 15 is 0 Å². The van der Waals surface area contributed by atoms with Gasteiger partial charge in [-0.25, -0.2) is 0 Å². The van der Waals surface area contributed by atoms with Crippen molar-refractivity contribution >= 4 is 0 Å². The Morgan fingerprint density at radius 2 is 1.72 bits per heavy atom. The molecule has 4 bridgehead atoms. The second kappa shape index (κ2) is 3.96. The van der Waals surface area contributed by atoms with E-state index in [0.717, 1.165) is 5.92 Å². The van der Waals surface area contributed by atoms with Crippen molar-refractivity contribution in [2.75, 3.05) is 0 Å². The van der Waals surface area contributed by atoms with Crippen LogP contribution in [0.1, 0.15) is 72.1 Å². The van der Waals surface area contributed by atoms with E-state index in [1.807, 2.05) is 0 Å². The molecular formula is C16H30N2. The van der Waals surface area contributed by atoms with Gasteiger partial charge in [0.15, 0.2) is 0 Å². The standard InChI is InChI=1S/C16H30N2/c1-4-5-13(18-17)16-8-12-6-14(2,10-16)9-15(3,7-12)11-16/h12-13,18H,4-11,17H2,1-3H3. The summed E-state index contributed by atoms with van der Waals surface area (Å²) < 4.78 is 0. The van der Waals surface area contributed by atoms with Crippen LogP contribution in [0.2, 0.25) is 0 Å². The smallest absolute Gasteiger partial charge is 0.0267 e. The Morgan fingerprint density at radius 1 is 1.11 bits per heavy atom. The fourth-order valence-corrected chi connectivity index (χ4v) is 6.78.